The molecule has 1 atom stereocenters. The van der Waals surface area contributed by atoms with Crippen LogP contribution in [-0.4, -0.2) is 36.5 Å². The van der Waals surface area contributed by atoms with Crippen molar-refractivity contribution in [2.45, 2.75) is 44.6 Å². The molecule has 1 aliphatic heterocycles. The zero-order chi connectivity index (χ0) is 11.9. The minimum atomic E-state index is 0.452. The van der Waals surface area contributed by atoms with E-state index in [9.17, 15) is 0 Å². The summed E-state index contributed by atoms with van der Waals surface area (Å²) in [6, 6.07) is 0. The first-order valence-corrected chi connectivity index (χ1v) is 7.27. The molecule has 1 aliphatic rings. The smallest absolute Gasteiger partial charge is 0.118 e. The Morgan fingerprint density at radius 2 is 2.12 bits per heavy atom. The molecule has 1 saturated heterocycles. The number of rotatable bonds is 6. The van der Waals surface area contributed by atoms with E-state index in [0.717, 1.165) is 42.4 Å². The molecule has 0 bridgehead atoms. The fourth-order valence-electron chi connectivity index (χ4n) is 2.04. The van der Waals surface area contributed by atoms with Crippen LogP contribution in [0.4, 0.5) is 0 Å². The van der Waals surface area contributed by atoms with Crippen LogP contribution >= 0.6 is 11.3 Å². The zero-order valence-electron chi connectivity index (χ0n) is 10.4. The largest absolute Gasteiger partial charge is 0.378 e. The maximum atomic E-state index is 5.72. The Balaban J connectivity index is 1.72. The van der Waals surface area contributed by atoms with Gasteiger partial charge in [-0.25, -0.2) is 0 Å². The van der Waals surface area contributed by atoms with E-state index in [1.165, 1.54) is 19.3 Å². The topological polar surface area (TPSA) is 47.0 Å². The van der Waals surface area contributed by atoms with Crippen molar-refractivity contribution < 1.29 is 4.74 Å². The number of nitrogens with zero attached hydrogens (tertiary/aromatic N) is 2. The third-order valence-corrected chi connectivity index (χ3v) is 4.09. The number of hydrogen-bond acceptors (Lipinski definition) is 5. The molecule has 0 aliphatic carbocycles. The van der Waals surface area contributed by atoms with Gasteiger partial charge in [-0.05, 0) is 32.7 Å². The second-order valence-electron chi connectivity index (χ2n) is 4.47. The second kappa shape index (κ2) is 7.03. The van der Waals surface area contributed by atoms with E-state index >= 15 is 0 Å². The molecule has 0 amide bonds. The van der Waals surface area contributed by atoms with Gasteiger partial charge in [-0.2, -0.15) is 0 Å². The fraction of sp³-hybridized carbons (Fsp3) is 0.833. The molecule has 0 aromatic carbocycles. The van der Waals surface area contributed by atoms with Gasteiger partial charge in [0.15, 0.2) is 0 Å². The van der Waals surface area contributed by atoms with Crippen molar-refractivity contribution >= 4 is 11.3 Å². The summed E-state index contributed by atoms with van der Waals surface area (Å²) >= 11 is 1.74. The van der Waals surface area contributed by atoms with Crippen molar-refractivity contribution in [2.75, 3.05) is 20.2 Å². The predicted molar refractivity (Wildman–Crippen MR) is 69.5 cm³/mol. The third kappa shape index (κ3) is 4.33. The summed E-state index contributed by atoms with van der Waals surface area (Å²) in [4.78, 5) is 0. The summed E-state index contributed by atoms with van der Waals surface area (Å²) in [5, 5.41) is 13.9. The molecular formula is C12H21N3OS. The van der Waals surface area contributed by atoms with E-state index < -0.39 is 0 Å². The quantitative estimate of drug-likeness (QED) is 0.842. The van der Waals surface area contributed by atoms with E-state index in [-0.39, 0.29) is 0 Å². The number of aromatic nitrogens is 2. The standard InChI is InChI=1S/C12H21N3OS/c1-13-8-7-12-15-14-11(17-12)6-5-10-4-2-3-9-16-10/h10,13H,2-9H2,1H3. The lowest BCUT2D eigenvalue weighted by Crippen LogP contribution is -2.19. The van der Waals surface area contributed by atoms with Crippen LogP contribution < -0.4 is 5.32 Å². The molecule has 17 heavy (non-hydrogen) atoms. The van der Waals surface area contributed by atoms with Gasteiger partial charge in [0.25, 0.3) is 0 Å². The van der Waals surface area contributed by atoms with Crippen LogP contribution in [0.1, 0.15) is 35.7 Å². The Morgan fingerprint density at radius 3 is 2.82 bits per heavy atom. The summed E-state index contributed by atoms with van der Waals surface area (Å²) < 4.78 is 5.72. The molecular weight excluding hydrogens is 234 g/mol. The molecule has 5 heteroatoms. The Morgan fingerprint density at radius 1 is 1.29 bits per heavy atom. The zero-order valence-corrected chi connectivity index (χ0v) is 11.3. The highest BCUT2D eigenvalue weighted by Crippen LogP contribution is 2.19. The first-order chi connectivity index (χ1) is 8.38. The van der Waals surface area contributed by atoms with E-state index in [4.69, 9.17) is 4.74 Å². The number of ether oxygens (including phenoxy) is 1. The Kier molecular flexibility index (Phi) is 5.35. The highest BCUT2D eigenvalue weighted by molar-refractivity contribution is 7.11. The van der Waals surface area contributed by atoms with Crippen LogP contribution in [0.5, 0.6) is 0 Å². The lowest BCUT2D eigenvalue weighted by molar-refractivity contribution is 0.0115. The molecule has 0 spiro atoms. The summed E-state index contributed by atoms with van der Waals surface area (Å²) in [5.74, 6) is 0. The predicted octanol–water partition coefficient (Wildman–Crippen LogP) is 1.80. The summed E-state index contributed by atoms with van der Waals surface area (Å²) in [5.41, 5.74) is 0. The van der Waals surface area contributed by atoms with Gasteiger partial charge in [0, 0.05) is 26.0 Å². The Bertz CT molecular complexity index is 323. The van der Waals surface area contributed by atoms with E-state index in [0.29, 0.717) is 6.10 Å². The molecule has 1 fully saturated rings. The van der Waals surface area contributed by atoms with Crippen LogP contribution in [-0.2, 0) is 17.6 Å². The van der Waals surface area contributed by atoms with E-state index in [2.05, 4.69) is 15.5 Å². The molecule has 1 aromatic rings. The SMILES string of the molecule is CNCCc1nnc(CCC2CCCCO2)s1. The molecule has 4 nitrogen and oxygen atoms in total. The van der Waals surface area contributed by atoms with Gasteiger partial charge >= 0.3 is 0 Å². The second-order valence-corrected chi connectivity index (χ2v) is 5.62. The molecule has 96 valence electrons. The summed E-state index contributed by atoms with van der Waals surface area (Å²) in [6.07, 6.45) is 7.30. The van der Waals surface area contributed by atoms with Crippen molar-refractivity contribution in [3.8, 4) is 0 Å². The van der Waals surface area contributed by atoms with Crippen LogP contribution in [0.15, 0.2) is 0 Å². The monoisotopic (exact) mass is 255 g/mol. The van der Waals surface area contributed by atoms with Crippen molar-refractivity contribution in [1.29, 1.82) is 0 Å². The minimum Gasteiger partial charge on any atom is -0.378 e. The van der Waals surface area contributed by atoms with Crippen LogP contribution in [0.2, 0.25) is 0 Å². The van der Waals surface area contributed by atoms with Crippen molar-refractivity contribution in [1.82, 2.24) is 15.5 Å². The lowest BCUT2D eigenvalue weighted by Gasteiger charge is -2.21. The van der Waals surface area contributed by atoms with Crippen LogP contribution in [0, 0.1) is 0 Å². The minimum absolute atomic E-state index is 0.452. The van der Waals surface area contributed by atoms with Crippen molar-refractivity contribution in [3.05, 3.63) is 10.0 Å². The van der Waals surface area contributed by atoms with Gasteiger partial charge in [0.1, 0.15) is 10.0 Å². The number of aryl methyl sites for hydroxylation is 1. The van der Waals surface area contributed by atoms with Gasteiger partial charge in [-0.3, -0.25) is 0 Å². The van der Waals surface area contributed by atoms with Gasteiger partial charge in [0.05, 0.1) is 6.10 Å². The van der Waals surface area contributed by atoms with Gasteiger partial charge in [0.2, 0.25) is 0 Å². The number of hydrogen-bond donors (Lipinski definition) is 1. The average molecular weight is 255 g/mol. The summed E-state index contributed by atoms with van der Waals surface area (Å²) in [6.45, 7) is 1.91. The first-order valence-electron chi connectivity index (χ1n) is 6.46. The Hall–Kier alpha value is -0.520. The molecule has 1 aromatic heterocycles. The van der Waals surface area contributed by atoms with Gasteiger partial charge in [-0.15, -0.1) is 21.5 Å². The highest BCUT2D eigenvalue weighted by atomic mass is 32.1. The van der Waals surface area contributed by atoms with Crippen LogP contribution in [0.25, 0.3) is 0 Å². The average Bonchev–Trinajstić information content (AvgIpc) is 2.83. The van der Waals surface area contributed by atoms with Crippen molar-refractivity contribution in [2.24, 2.45) is 0 Å². The van der Waals surface area contributed by atoms with E-state index in [1.54, 1.807) is 11.3 Å². The highest BCUT2D eigenvalue weighted by Gasteiger charge is 2.14. The molecule has 1 N–H and O–H groups in total. The summed E-state index contributed by atoms with van der Waals surface area (Å²) in [7, 11) is 1.96. The Labute approximate surface area is 107 Å². The number of nitrogens with one attached hydrogen (secondary N) is 1. The first kappa shape index (κ1) is 12.9. The molecule has 0 saturated carbocycles. The maximum Gasteiger partial charge on any atom is 0.118 e. The van der Waals surface area contributed by atoms with Gasteiger partial charge in [-0.1, -0.05) is 0 Å². The lowest BCUT2D eigenvalue weighted by atomic mass is 10.1. The molecule has 2 heterocycles. The molecule has 0 radical (unpaired) electrons. The normalized spacial score (nSPS) is 20.6. The van der Waals surface area contributed by atoms with Gasteiger partial charge < -0.3 is 10.1 Å². The fourth-order valence-corrected chi connectivity index (χ4v) is 2.90. The molecule has 1 unspecified atom stereocenters. The maximum absolute atomic E-state index is 5.72. The van der Waals surface area contributed by atoms with Crippen molar-refractivity contribution in [3.63, 3.8) is 0 Å². The molecule has 2 rings (SSSR count). The third-order valence-electron chi connectivity index (χ3n) is 3.05. The van der Waals surface area contributed by atoms with Crippen LogP contribution in [0.3, 0.4) is 0 Å². The van der Waals surface area contributed by atoms with E-state index in [1.807, 2.05) is 7.05 Å². The number of likely N-dealkylation sites (N-methyl/N-ethyl adjacent to an activating group) is 1.